The molecule has 21 heavy (non-hydrogen) atoms. The SMILES string of the molecule is CN(C)c1ccc(S(=O)(=O)N(C)Cc2ncnn2C)cn1. The molecule has 0 unspecified atom stereocenters. The van der Waals surface area contributed by atoms with Crippen molar-refractivity contribution in [3.8, 4) is 0 Å². The molecule has 2 aromatic heterocycles. The predicted molar refractivity (Wildman–Crippen MR) is 78.2 cm³/mol. The van der Waals surface area contributed by atoms with Crippen LogP contribution in [-0.2, 0) is 23.6 Å². The Bertz CT molecular complexity index is 708. The van der Waals surface area contributed by atoms with Crippen LogP contribution in [0.4, 0.5) is 5.82 Å². The van der Waals surface area contributed by atoms with Crippen LogP contribution >= 0.6 is 0 Å². The Morgan fingerprint density at radius 3 is 2.38 bits per heavy atom. The molecule has 2 heterocycles. The van der Waals surface area contributed by atoms with Crippen LogP contribution in [0.5, 0.6) is 0 Å². The van der Waals surface area contributed by atoms with Gasteiger partial charge in [0.15, 0.2) is 0 Å². The minimum Gasteiger partial charge on any atom is -0.363 e. The number of hydrogen-bond acceptors (Lipinski definition) is 6. The van der Waals surface area contributed by atoms with Crippen LogP contribution in [0, 0.1) is 0 Å². The van der Waals surface area contributed by atoms with Crippen LogP contribution in [0.1, 0.15) is 5.82 Å². The Kier molecular flexibility index (Phi) is 4.24. The summed E-state index contributed by atoms with van der Waals surface area (Å²) in [6.07, 6.45) is 2.75. The Hall–Kier alpha value is -2.00. The molecule has 8 nitrogen and oxygen atoms in total. The predicted octanol–water partition coefficient (Wildman–Crippen LogP) is 0.0968. The zero-order chi connectivity index (χ0) is 15.6. The summed E-state index contributed by atoms with van der Waals surface area (Å²) in [7, 11) is 3.31. The minimum atomic E-state index is -3.60. The van der Waals surface area contributed by atoms with Crippen molar-refractivity contribution < 1.29 is 8.42 Å². The van der Waals surface area contributed by atoms with Crippen molar-refractivity contribution >= 4 is 15.8 Å². The first-order valence-corrected chi connectivity index (χ1v) is 7.69. The van der Waals surface area contributed by atoms with E-state index in [9.17, 15) is 8.42 Å². The first kappa shape index (κ1) is 15.4. The van der Waals surface area contributed by atoms with Crippen molar-refractivity contribution in [1.29, 1.82) is 0 Å². The number of aryl methyl sites for hydroxylation is 1. The molecular formula is C12H18N6O2S. The molecule has 0 fully saturated rings. The first-order valence-electron chi connectivity index (χ1n) is 6.25. The highest BCUT2D eigenvalue weighted by atomic mass is 32.2. The molecule has 0 spiro atoms. The van der Waals surface area contributed by atoms with E-state index in [4.69, 9.17) is 0 Å². The fraction of sp³-hybridized carbons (Fsp3) is 0.417. The van der Waals surface area contributed by atoms with E-state index < -0.39 is 10.0 Å². The average molecular weight is 310 g/mol. The van der Waals surface area contributed by atoms with Crippen LogP contribution in [0.3, 0.4) is 0 Å². The minimum absolute atomic E-state index is 0.147. The third-order valence-corrected chi connectivity index (χ3v) is 4.84. The van der Waals surface area contributed by atoms with Crippen LogP contribution in [0.25, 0.3) is 0 Å². The van der Waals surface area contributed by atoms with E-state index in [0.717, 1.165) is 0 Å². The lowest BCUT2D eigenvalue weighted by atomic mass is 10.4. The summed E-state index contributed by atoms with van der Waals surface area (Å²) in [6.45, 7) is 0.147. The number of nitrogens with zero attached hydrogens (tertiary/aromatic N) is 6. The Morgan fingerprint density at radius 1 is 1.19 bits per heavy atom. The van der Waals surface area contributed by atoms with Gasteiger partial charge in [0.1, 0.15) is 22.9 Å². The lowest BCUT2D eigenvalue weighted by Crippen LogP contribution is -2.28. The highest BCUT2D eigenvalue weighted by molar-refractivity contribution is 7.89. The summed E-state index contributed by atoms with van der Waals surface area (Å²) in [5, 5.41) is 3.92. The third-order valence-electron chi connectivity index (χ3n) is 3.06. The Morgan fingerprint density at radius 2 is 1.90 bits per heavy atom. The van der Waals surface area contributed by atoms with Crippen molar-refractivity contribution in [1.82, 2.24) is 24.1 Å². The summed E-state index contributed by atoms with van der Waals surface area (Å²) in [4.78, 5) is 10.1. The van der Waals surface area contributed by atoms with Gasteiger partial charge in [-0.25, -0.2) is 18.4 Å². The molecule has 2 rings (SSSR count). The molecule has 114 valence electrons. The highest BCUT2D eigenvalue weighted by Crippen LogP contribution is 2.17. The van der Waals surface area contributed by atoms with Crippen molar-refractivity contribution in [2.24, 2.45) is 7.05 Å². The van der Waals surface area contributed by atoms with Crippen LogP contribution in [-0.4, -0.2) is 53.6 Å². The van der Waals surface area contributed by atoms with E-state index in [-0.39, 0.29) is 11.4 Å². The molecule has 0 aliphatic carbocycles. The van der Waals surface area contributed by atoms with Gasteiger partial charge in [-0.1, -0.05) is 0 Å². The number of sulfonamides is 1. The van der Waals surface area contributed by atoms with Gasteiger partial charge in [0.05, 0.1) is 6.54 Å². The van der Waals surface area contributed by atoms with Gasteiger partial charge in [-0.05, 0) is 12.1 Å². The summed E-state index contributed by atoms with van der Waals surface area (Å²) < 4.78 is 27.7. The highest BCUT2D eigenvalue weighted by Gasteiger charge is 2.22. The van der Waals surface area contributed by atoms with E-state index >= 15 is 0 Å². The van der Waals surface area contributed by atoms with E-state index in [0.29, 0.717) is 11.6 Å². The summed E-state index contributed by atoms with van der Waals surface area (Å²) in [5.74, 6) is 1.27. The molecule has 0 amide bonds. The van der Waals surface area contributed by atoms with Crippen LogP contribution in [0.15, 0.2) is 29.6 Å². The maximum atomic E-state index is 12.5. The van der Waals surface area contributed by atoms with Gasteiger partial charge in [0.25, 0.3) is 0 Å². The van der Waals surface area contributed by atoms with Crippen molar-refractivity contribution in [3.05, 3.63) is 30.5 Å². The van der Waals surface area contributed by atoms with E-state index in [1.807, 2.05) is 14.1 Å². The van der Waals surface area contributed by atoms with Gasteiger partial charge in [0.2, 0.25) is 10.0 Å². The fourth-order valence-corrected chi connectivity index (χ4v) is 2.79. The molecule has 0 aliphatic rings. The van der Waals surface area contributed by atoms with Crippen LogP contribution < -0.4 is 4.90 Å². The average Bonchev–Trinajstić information content (AvgIpc) is 2.84. The summed E-state index contributed by atoms with van der Waals surface area (Å²) in [6, 6.07) is 3.22. The van der Waals surface area contributed by atoms with E-state index in [1.165, 1.54) is 23.9 Å². The second-order valence-corrected chi connectivity index (χ2v) is 6.85. The molecular weight excluding hydrogens is 292 g/mol. The molecule has 0 saturated heterocycles. The number of aromatic nitrogens is 4. The molecule has 0 N–H and O–H groups in total. The zero-order valence-corrected chi connectivity index (χ0v) is 13.2. The normalized spacial score (nSPS) is 11.9. The lowest BCUT2D eigenvalue weighted by Gasteiger charge is -2.17. The molecule has 0 atom stereocenters. The molecule has 0 bridgehead atoms. The second-order valence-electron chi connectivity index (χ2n) is 4.81. The van der Waals surface area contributed by atoms with Crippen molar-refractivity contribution in [2.75, 3.05) is 26.0 Å². The topological polar surface area (TPSA) is 84.2 Å². The molecule has 0 aromatic carbocycles. The fourth-order valence-electron chi connectivity index (χ4n) is 1.72. The molecule has 0 aliphatic heterocycles. The third kappa shape index (κ3) is 3.19. The second kappa shape index (κ2) is 5.78. The van der Waals surface area contributed by atoms with Crippen molar-refractivity contribution in [3.63, 3.8) is 0 Å². The maximum Gasteiger partial charge on any atom is 0.244 e. The quantitative estimate of drug-likeness (QED) is 0.778. The summed E-state index contributed by atoms with van der Waals surface area (Å²) in [5.41, 5.74) is 0. The van der Waals surface area contributed by atoms with Crippen LogP contribution in [0.2, 0.25) is 0 Å². The summed E-state index contributed by atoms with van der Waals surface area (Å²) >= 11 is 0. The van der Waals surface area contributed by atoms with Gasteiger partial charge >= 0.3 is 0 Å². The standard InChI is InChI=1S/C12H18N6O2S/c1-16(2)11-6-5-10(7-13-11)21(19,20)17(3)8-12-14-9-15-18(12)4/h5-7,9H,8H2,1-4H3. The largest absolute Gasteiger partial charge is 0.363 e. The zero-order valence-electron chi connectivity index (χ0n) is 12.4. The monoisotopic (exact) mass is 310 g/mol. The lowest BCUT2D eigenvalue weighted by molar-refractivity contribution is 0.447. The van der Waals surface area contributed by atoms with Gasteiger partial charge in [0, 0.05) is 34.4 Å². The van der Waals surface area contributed by atoms with Gasteiger partial charge in [-0.2, -0.15) is 9.40 Å². The van der Waals surface area contributed by atoms with Gasteiger partial charge < -0.3 is 4.90 Å². The maximum absolute atomic E-state index is 12.5. The molecule has 0 radical (unpaired) electrons. The van der Waals surface area contributed by atoms with E-state index in [1.54, 1.807) is 28.8 Å². The number of pyridine rings is 1. The Labute approximate surface area is 124 Å². The molecule has 0 saturated carbocycles. The molecule has 9 heteroatoms. The van der Waals surface area contributed by atoms with Gasteiger partial charge in [-0.15, -0.1) is 0 Å². The number of rotatable bonds is 5. The van der Waals surface area contributed by atoms with E-state index in [2.05, 4.69) is 15.1 Å². The number of anilines is 1. The number of hydrogen-bond donors (Lipinski definition) is 0. The smallest absolute Gasteiger partial charge is 0.244 e. The van der Waals surface area contributed by atoms with Crippen molar-refractivity contribution in [2.45, 2.75) is 11.4 Å². The van der Waals surface area contributed by atoms with Gasteiger partial charge in [-0.3, -0.25) is 4.68 Å². The first-order chi connectivity index (χ1) is 9.82. The Balaban J connectivity index is 2.22. The molecule has 2 aromatic rings.